The van der Waals surface area contributed by atoms with Gasteiger partial charge in [0.05, 0.1) is 5.56 Å². The lowest BCUT2D eigenvalue weighted by Gasteiger charge is -2.05. The van der Waals surface area contributed by atoms with Crippen LogP contribution in [0.25, 0.3) is 0 Å². The molecule has 9 heteroatoms. The summed E-state index contributed by atoms with van der Waals surface area (Å²) in [7, 11) is 0. The fourth-order valence-electron chi connectivity index (χ4n) is 2.18. The van der Waals surface area contributed by atoms with Gasteiger partial charge in [0.25, 0.3) is 0 Å². The average molecular weight is 403 g/mol. The predicted octanol–water partition coefficient (Wildman–Crippen LogP) is 3.59. The summed E-state index contributed by atoms with van der Waals surface area (Å²) in [5, 5.41) is 9.65. The third kappa shape index (κ3) is 5.41. The summed E-state index contributed by atoms with van der Waals surface area (Å²) in [6.07, 6.45) is 0. The van der Waals surface area contributed by atoms with Crippen molar-refractivity contribution in [3.05, 3.63) is 81.5 Å². The fourth-order valence-corrected chi connectivity index (χ4v) is 3.86. The molecule has 2 aromatic carbocycles. The van der Waals surface area contributed by atoms with Crippen LogP contribution in [0, 0.1) is 5.82 Å². The highest BCUT2D eigenvalue weighted by Gasteiger charge is 2.08. The standard InChI is InChI=1S/C18H14FN3O3S2/c19-14-7-2-1-5-13(14)10-27-18-21-16(25)20-17(22-18)26-9-11-4-3-6-12(8-11)15(23)24/h1-8H,9-10H2,(H,23,24)(H,20,21,22,25). The van der Waals surface area contributed by atoms with Crippen LogP contribution in [-0.2, 0) is 11.5 Å². The topological polar surface area (TPSA) is 95.9 Å². The molecule has 0 spiro atoms. The zero-order valence-corrected chi connectivity index (χ0v) is 15.5. The van der Waals surface area contributed by atoms with Crippen molar-refractivity contribution in [2.45, 2.75) is 21.8 Å². The zero-order valence-electron chi connectivity index (χ0n) is 13.9. The SMILES string of the molecule is O=C(O)c1cccc(CSc2nc(SCc3ccccc3F)[nH]c(=O)n2)c1. The van der Waals surface area contributed by atoms with Gasteiger partial charge >= 0.3 is 11.7 Å². The molecule has 0 aliphatic heterocycles. The number of carboxylic acid groups (broad SMARTS) is 1. The maximum atomic E-state index is 13.7. The number of aromatic amines is 1. The monoisotopic (exact) mass is 403 g/mol. The van der Waals surface area contributed by atoms with Crippen molar-refractivity contribution in [1.82, 2.24) is 15.0 Å². The van der Waals surface area contributed by atoms with E-state index in [0.717, 1.165) is 5.56 Å². The molecule has 0 aliphatic carbocycles. The first-order valence-corrected chi connectivity index (χ1v) is 9.78. The molecule has 6 nitrogen and oxygen atoms in total. The molecule has 0 aliphatic rings. The molecule has 0 unspecified atom stereocenters. The second-order valence-electron chi connectivity index (χ2n) is 5.42. The van der Waals surface area contributed by atoms with Crippen LogP contribution in [0.3, 0.4) is 0 Å². The Morgan fingerprint density at radius 2 is 1.89 bits per heavy atom. The third-order valence-corrected chi connectivity index (χ3v) is 5.31. The number of rotatable bonds is 7. The molecule has 27 heavy (non-hydrogen) atoms. The molecule has 3 rings (SSSR count). The van der Waals surface area contributed by atoms with Crippen molar-refractivity contribution in [2.75, 3.05) is 0 Å². The van der Waals surface area contributed by atoms with Gasteiger partial charge in [0.15, 0.2) is 10.3 Å². The second kappa shape index (κ2) is 8.83. The van der Waals surface area contributed by atoms with Crippen LogP contribution in [0.2, 0.25) is 0 Å². The Kier molecular flexibility index (Phi) is 6.25. The first-order chi connectivity index (χ1) is 13.0. The van der Waals surface area contributed by atoms with Gasteiger partial charge in [0.1, 0.15) is 5.82 Å². The third-order valence-electron chi connectivity index (χ3n) is 3.47. The summed E-state index contributed by atoms with van der Waals surface area (Å²) >= 11 is 2.43. The zero-order chi connectivity index (χ0) is 19.2. The molecule has 138 valence electrons. The van der Waals surface area contributed by atoms with E-state index >= 15 is 0 Å². The number of carbonyl (C=O) groups is 1. The molecule has 0 fully saturated rings. The number of hydrogen-bond donors (Lipinski definition) is 2. The van der Waals surface area contributed by atoms with Crippen molar-refractivity contribution in [3.63, 3.8) is 0 Å². The van der Waals surface area contributed by atoms with Gasteiger partial charge in [-0.25, -0.2) is 14.0 Å². The first kappa shape index (κ1) is 19.1. The normalized spacial score (nSPS) is 10.7. The number of hydrogen-bond acceptors (Lipinski definition) is 6. The van der Waals surface area contributed by atoms with Crippen LogP contribution in [-0.4, -0.2) is 26.0 Å². The minimum atomic E-state index is -0.999. The Morgan fingerprint density at radius 1 is 1.07 bits per heavy atom. The van der Waals surface area contributed by atoms with Crippen molar-refractivity contribution >= 4 is 29.5 Å². The van der Waals surface area contributed by atoms with E-state index in [1.165, 1.54) is 35.7 Å². The maximum absolute atomic E-state index is 13.7. The lowest BCUT2D eigenvalue weighted by Crippen LogP contribution is -2.14. The highest BCUT2D eigenvalue weighted by Crippen LogP contribution is 2.23. The van der Waals surface area contributed by atoms with Crippen LogP contribution >= 0.6 is 23.5 Å². The van der Waals surface area contributed by atoms with E-state index in [4.69, 9.17) is 5.11 Å². The van der Waals surface area contributed by atoms with Gasteiger partial charge in [-0.1, -0.05) is 53.9 Å². The van der Waals surface area contributed by atoms with Gasteiger partial charge < -0.3 is 5.11 Å². The summed E-state index contributed by atoms with van der Waals surface area (Å²) in [6.45, 7) is 0. The van der Waals surface area contributed by atoms with Crippen molar-refractivity contribution < 1.29 is 14.3 Å². The number of carboxylic acids is 1. The second-order valence-corrected chi connectivity index (χ2v) is 7.32. The van der Waals surface area contributed by atoms with E-state index in [0.29, 0.717) is 22.2 Å². The number of aromatic nitrogens is 3. The summed E-state index contributed by atoms with van der Waals surface area (Å²) in [4.78, 5) is 33.4. The van der Waals surface area contributed by atoms with Crippen LogP contribution in [0.5, 0.6) is 0 Å². The quantitative estimate of drug-likeness (QED) is 0.582. The largest absolute Gasteiger partial charge is 0.478 e. The fraction of sp³-hybridized carbons (Fsp3) is 0.111. The molecular weight excluding hydrogens is 389 g/mol. The average Bonchev–Trinajstić information content (AvgIpc) is 2.65. The van der Waals surface area contributed by atoms with Gasteiger partial charge in [0.2, 0.25) is 0 Å². The molecule has 1 aromatic heterocycles. The number of halogens is 1. The van der Waals surface area contributed by atoms with E-state index < -0.39 is 11.7 Å². The number of H-pyrrole nitrogens is 1. The van der Waals surface area contributed by atoms with Gasteiger partial charge in [-0.15, -0.1) is 0 Å². The van der Waals surface area contributed by atoms with Crippen molar-refractivity contribution in [1.29, 1.82) is 0 Å². The maximum Gasteiger partial charge on any atom is 0.349 e. The molecule has 2 N–H and O–H groups in total. The van der Waals surface area contributed by atoms with Crippen molar-refractivity contribution in [3.8, 4) is 0 Å². The Balaban J connectivity index is 1.68. The lowest BCUT2D eigenvalue weighted by atomic mass is 10.1. The van der Waals surface area contributed by atoms with Crippen LogP contribution in [0.4, 0.5) is 4.39 Å². The van der Waals surface area contributed by atoms with Gasteiger partial charge in [-0.2, -0.15) is 9.97 Å². The summed E-state index contributed by atoms with van der Waals surface area (Å²) in [5.74, 6) is -0.567. The minimum absolute atomic E-state index is 0.195. The lowest BCUT2D eigenvalue weighted by molar-refractivity contribution is 0.0696. The molecule has 0 saturated heterocycles. The summed E-state index contributed by atoms with van der Waals surface area (Å²) in [6, 6.07) is 12.9. The number of nitrogens with one attached hydrogen (secondary N) is 1. The number of nitrogens with zero attached hydrogens (tertiary/aromatic N) is 2. The summed E-state index contributed by atoms with van der Waals surface area (Å²) < 4.78 is 13.7. The van der Waals surface area contributed by atoms with Crippen LogP contribution < -0.4 is 5.69 Å². The number of thioether (sulfide) groups is 2. The molecule has 0 atom stereocenters. The summed E-state index contributed by atoms with van der Waals surface area (Å²) in [5.41, 5.74) is 0.954. The molecule has 3 aromatic rings. The number of aromatic carboxylic acids is 1. The Hall–Kier alpha value is -2.65. The Labute approximate surface area is 162 Å². The van der Waals surface area contributed by atoms with Crippen molar-refractivity contribution in [2.24, 2.45) is 0 Å². The van der Waals surface area contributed by atoms with Crippen LogP contribution in [0.1, 0.15) is 21.5 Å². The van der Waals surface area contributed by atoms with E-state index in [1.807, 2.05) is 0 Å². The van der Waals surface area contributed by atoms with E-state index in [-0.39, 0.29) is 16.5 Å². The minimum Gasteiger partial charge on any atom is -0.478 e. The smallest absolute Gasteiger partial charge is 0.349 e. The molecular formula is C18H14FN3O3S2. The molecule has 0 amide bonds. The van der Waals surface area contributed by atoms with E-state index in [2.05, 4.69) is 15.0 Å². The molecule has 1 heterocycles. The highest BCUT2D eigenvalue weighted by atomic mass is 32.2. The molecule has 0 radical (unpaired) electrons. The van der Waals surface area contributed by atoms with Gasteiger partial charge in [-0.3, -0.25) is 4.98 Å². The Bertz CT molecular complexity index is 1030. The highest BCUT2D eigenvalue weighted by molar-refractivity contribution is 7.99. The van der Waals surface area contributed by atoms with Crippen LogP contribution in [0.15, 0.2) is 63.6 Å². The van der Waals surface area contributed by atoms with E-state index in [9.17, 15) is 14.0 Å². The first-order valence-electron chi connectivity index (χ1n) is 7.81. The molecule has 0 bridgehead atoms. The molecule has 0 saturated carbocycles. The Morgan fingerprint density at radius 3 is 2.67 bits per heavy atom. The number of benzene rings is 2. The van der Waals surface area contributed by atoms with Gasteiger partial charge in [0, 0.05) is 11.5 Å². The van der Waals surface area contributed by atoms with E-state index in [1.54, 1.807) is 36.4 Å². The van der Waals surface area contributed by atoms with Gasteiger partial charge in [-0.05, 0) is 29.3 Å². The predicted molar refractivity (Wildman–Crippen MR) is 102 cm³/mol.